The predicted molar refractivity (Wildman–Crippen MR) is 102 cm³/mol. The number of hydrogen-bond acceptors (Lipinski definition) is 6. The molecule has 1 amide bonds. The van der Waals surface area contributed by atoms with Crippen LogP contribution in [0.5, 0.6) is 0 Å². The summed E-state index contributed by atoms with van der Waals surface area (Å²) in [6.07, 6.45) is 2.02. The zero-order valence-electron chi connectivity index (χ0n) is 14.4. The van der Waals surface area contributed by atoms with Crippen LogP contribution in [0.15, 0.2) is 40.3 Å². The number of H-pyrrole nitrogens is 1. The average Bonchev–Trinajstić information content (AvgIpc) is 2.66. The number of nitriles is 2. The lowest BCUT2D eigenvalue weighted by molar-refractivity contribution is -0.410. The molecule has 0 unspecified atom stereocenters. The smallest absolute Gasteiger partial charge is 0.289 e. The number of aromatic amines is 1. The van der Waals surface area contributed by atoms with E-state index in [1.165, 1.54) is 22.7 Å². The Morgan fingerprint density at radius 2 is 1.88 bits per heavy atom. The molecule has 2 rings (SSSR count). The third-order valence-corrected chi connectivity index (χ3v) is 5.40. The lowest BCUT2D eigenvalue weighted by atomic mass is 10.2. The molecule has 0 fully saturated rings. The zero-order valence-corrected chi connectivity index (χ0v) is 16.1. The molecule has 132 valence electrons. The Bertz CT molecular complexity index is 884. The number of hydrogen-bond donors (Lipinski definition) is 1. The van der Waals surface area contributed by atoms with Crippen molar-refractivity contribution in [2.75, 3.05) is 24.8 Å². The van der Waals surface area contributed by atoms with Crippen molar-refractivity contribution in [1.29, 1.82) is 10.5 Å². The van der Waals surface area contributed by atoms with Gasteiger partial charge in [-0.05, 0) is 30.0 Å². The summed E-state index contributed by atoms with van der Waals surface area (Å²) in [4.78, 5) is 18.0. The molecule has 0 aliphatic rings. The van der Waals surface area contributed by atoms with Gasteiger partial charge in [-0.3, -0.25) is 10.5 Å². The van der Waals surface area contributed by atoms with Crippen LogP contribution in [-0.2, 0) is 11.3 Å². The maximum atomic E-state index is 12.4. The third kappa shape index (κ3) is 4.92. The molecule has 26 heavy (non-hydrogen) atoms. The number of benzene rings is 1. The van der Waals surface area contributed by atoms with Gasteiger partial charge in [-0.2, -0.15) is 10.5 Å². The van der Waals surface area contributed by atoms with Crippen LogP contribution in [0.4, 0.5) is 5.82 Å². The second-order valence-corrected chi connectivity index (χ2v) is 7.31. The van der Waals surface area contributed by atoms with Crippen molar-refractivity contribution in [3.8, 4) is 12.1 Å². The highest BCUT2D eigenvalue weighted by molar-refractivity contribution is 7.99. The van der Waals surface area contributed by atoms with Crippen LogP contribution in [-0.4, -0.2) is 29.9 Å². The Morgan fingerprint density at radius 3 is 2.46 bits per heavy atom. The molecule has 0 bridgehead atoms. The fourth-order valence-corrected chi connectivity index (χ4v) is 3.51. The van der Waals surface area contributed by atoms with E-state index in [1.54, 1.807) is 23.7 Å². The van der Waals surface area contributed by atoms with E-state index in [1.807, 2.05) is 42.7 Å². The number of nitrogens with zero attached hydrogens (tertiary/aromatic N) is 3. The van der Waals surface area contributed by atoms with Crippen molar-refractivity contribution in [3.63, 3.8) is 0 Å². The van der Waals surface area contributed by atoms with Gasteiger partial charge in [-0.25, -0.2) is 4.98 Å². The fraction of sp³-hybridized carbons (Fsp3) is 0.222. The van der Waals surface area contributed by atoms with E-state index >= 15 is 0 Å². The van der Waals surface area contributed by atoms with Gasteiger partial charge in [0.1, 0.15) is 23.3 Å². The number of pyridine rings is 1. The SMILES string of the molecule is CSc1ccc(CN(C)C(=O)CSc2[nH+]c(N)c(C#N)cc2C#N)cc1. The van der Waals surface area contributed by atoms with Crippen molar-refractivity contribution in [2.45, 2.75) is 16.5 Å². The lowest BCUT2D eigenvalue weighted by Crippen LogP contribution is -2.28. The molecule has 0 saturated heterocycles. The number of anilines is 1. The number of aromatic nitrogens is 1. The number of nitrogen functional groups attached to an aromatic ring is 1. The predicted octanol–water partition coefficient (Wildman–Crippen LogP) is 2.30. The van der Waals surface area contributed by atoms with Crippen LogP contribution < -0.4 is 10.7 Å². The largest absolute Gasteiger partial charge is 0.341 e. The van der Waals surface area contributed by atoms with Gasteiger partial charge in [0.15, 0.2) is 5.03 Å². The standard InChI is InChI=1S/C18H17N5OS2/c1-23(10-12-3-5-15(25-2)6-4-12)16(24)11-26-18-14(9-20)7-13(8-19)17(21)22-18/h3-7H,10-11H2,1-2H3,(H2,21,22)/p+1. The molecule has 0 aliphatic carbocycles. The zero-order chi connectivity index (χ0) is 19.1. The Hall–Kier alpha value is -2.68. The number of carbonyl (C=O) groups excluding carboxylic acids is 1. The Kier molecular flexibility index (Phi) is 6.90. The molecule has 0 aliphatic heterocycles. The normalized spacial score (nSPS) is 10.0. The van der Waals surface area contributed by atoms with Gasteiger partial charge in [0.25, 0.3) is 5.82 Å². The van der Waals surface area contributed by atoms with E-state index in [9.17, 15) is 10.1 Å². The third-order valence-electron chi connectivity index (χ3n) is 3.66. The quantitative estimate of drug-likeness (QED) is 0.766. The molecule has 1 heterocycles. The molecule has 2 aromatic rings. The molecule has 0 spiro atoms. The van der Waals surface area contributed by atoms with E-state index in [-0.39, 0.29) is 23.0 Å². The number of rotatable bonds is 6. The molecule has 1 aromatic carbocycles. The molecule has 1 aromatic heterocycles. The maximum Gasteiger partial charge on any atom is 0.289 e. The molecular formula is C18H18N5OS2+. The number of thioether (sulfide) groups is 2. The Labute approximate surface area is 161 Å². The summed E-state index contributed by atoms with van der Waals surface area (Å²) in [6.45, 7) is 0.512. The monoisotopic (exact) mass is 384 g/mol. The summed E-state index contributed by atoms with van der Waals surface area (Å²) < 4.78 is 0. The Balaban J connectivity index is 2.00. The van der Waals surface area contributed by atoms with Crippen LogP contribution in [0.25, 0.3) is 0 Å². The van der Waals surface area contributed by atoms with Gasteiger partial charge in [0.2, 0.25) is 5.91 Å². The summed E-state index contributed by atoms with van der Waals surface area (Å²) in [7, 11) is 1.74. The minimum Gasteiger partial charge on any atom is -0.341 e. The van der Waals surface area contributed by atoms with E-state index < -0.39 is 0 Å². The van der Waals surface area contributed by atoms with Gasteiger partial charge in [0, 0.05) is 18.5 Å². The number of amides is 1. The van der Waals surface area contributed by atoms with Crippen LogP contribution in [0.3, 0.4) is 0 Å². The van der Waals surface area contributed by atoms with E-state index in [2.05, 4.69) is 4.98 Å². The second kappa shape index (κ2) is 9.14. The first-order valence-electron chi connectivity index (χ1n) is 7.64. The summed E-state index contributed by atoms with van der Waals surface area (Å²) in [5.41, 5.74) is 7.31. The second-order valence-electron chi connectivity index (χ2n) is 5.45. The molecule has 0 atom stereocenters. The van der Waals surface area contributed by atoms with Crippen molar-refractivity contribution >= 4 is 35.2 Å². The summed E-state index contributed by atoms with van der Waals surface area (Å²) in [5.74, 6) is 0.281. The van der Waals surface area contributed by atoms with Crippen LogP contribution in [0, 0.1) is 22.7 Å². The summed E-state index contributed by atoms with van der Waals surface area (Å²) >= 11 is 2.87. The molecule has 6 nitrogen and oxygen atoms in total. The van der Waals surface area contributed by atoms with Crippen molar-refractivity contribution < 1.29 is 9.78 Å². The fourth-order valence-electron chi connectivity index (χ4n) is 2.17. The lowest BCUT2D eigenvalue weighted by Gasteiger charge is -2.17. The molecule has 8 heteroatoms. The van der Waals surface area contributed by atoms with Gasteiger partial charge in [0.05, 0.1) is 5.75 Å². The first-order chi connectivity index (χ1) is 12.5. The van der Waals surface area contributed by atoms with Crippen molar-refractivity contribution in [3.05, 3.63) is 47.0 Å². The molecule has 0 radical (unpaired) electrons. The highest BCUT2D eigenvalue weighted by Crippen LogP contribution is 2.21. The molecule has 0 saturated carbocycles. The first kappa shape index (κ1) is 19.6. The number of nitrogens with one attached hydrogen (secondary N) is 1. The highest BCUT2D eigenvalue weighted by Gasteiger charge is 2.17. The van der Waals surface area contributed by atoms with Gasteiger partial charge in [-0.1, -0.05) is 23.9 Å². The number of carbonyl (C=O) groups is 1. The van der Waals surface area contributed by atoms with Crippen molar-refractivity contribution in [1.82, 2.24) is 4.90 Å². The van der Waals surface area contributed by atoms with Gasteiger partial charge < -0.3 is 4.90 Å². The summed E-state index contributed by atoms with van der Waals surface area (Å²) in [6, 6.07) is 13.4. The number of nitrogens with two attached hydrogens (primary N) is 1. The van der Waals surface area contributed by atoms with E-state index in [4.69, 9.17) is 11.0 Å². The Morgan fingerprint density at radius 1 is 1.23 bits per heavy atom. The molecular weight excluding hydrogens is 366 g/mol. The van der Waals surface area contributed by atoms with Gasteiger partial charge >= 0.3 is 0 Å². The maximum absolute atomic E-state index is 12.4. The van der Waals surface area contributed by atoms with E-state index in [0.29, 0.717) is 17.1 Å². The summed E-state index contributed by atoms with van der Waals surface area (Å²) in [5, 5.41) is 18.7. The van der Waals surface area contributed by atoms with Crippen molar-refractivity contribution in [2.24, 2.45) is 0 Å². The minimum absolute atomic E-state index is 0.0656. The average molecular weight is 385 g/mol. The topological polar surface area (TPSA) is 108 Å². The molecule has 3 N–H and O–H groups in total. The highest BCUT2D eigenvalue weighted by atomic mass is 32.2. The van der Waals surface area contributed by atoms with Crippen LogP contribution in [0.1, 0.15) is 16.7 Å². The van der Waals surface area contributed by atoms with Crippen LogP contribution in [0.2, 0.25) is 0 Å². The van der Waals surface area contributed by atoms with E-state index in [0.717, 1.165) is 5.56 Å². The first-order valence-corrected chi connectivity index (χ1v) is 9.85. The minimum atomic E-state index is -0.0656. The van der Waals surface area contributed by atoms with Gasteiger partial charge in [-0.15, -0.1) is 11.8 Å². The van der Waals surface area contributed by atoms with Crippen LogP contribution >= 0.6 is 23.5 Å².